The van der Waals surface area contributed by atoms with E-state index in [-0.39, 0.29) is 23.5 Å². The molecule has 2 heterocycles. The second kappa shape index (κ2) is 8.43. The van der Waals surface area contributed by atoms with E-state index in [0.29, 0.717) is 44.0 Å². The molecule has 0 saturated carbocycles. The zero-order valence-electron chi connectivity index (χ0n) is 14.5. The summed E-state index contributed by atoms with van der Waals surface area (Å²) in [5, 5.41) is 6.16. The second-order valence-corrected chi connectivity index (χ2v) is 7.05. The number of piperidine rings is 1. The van der Waals surface area contributed by atoms with Crippen LogP contribution in [0.2, 0.25) is 0 Å². The quantitative estimate of drug-likeness (QED) is 0.860. The van der Waals surface area contributed by atoms with Gasteiger partial charge < -0.3 is 15.5 Å². The fraction of sp³-hybridized carbons (Fsp3) is 0.579. The zero-order valence-corrected chi connectivity index (χ0v) is 14.5. The molecule has 2 aliphatic heterocycles. The summed E-state index contributed by atoms with van der Waals surface area (Å²) >= 11 is 0. The van der Waals surface area contributed by atoms with Crippen molar-refractivity contribution in [1.82, 2.24) is 10.2 Å². The van der Waals surface area contributed by atoms with E-state index in [4.69, 9.17) is 0 Å². The molecule has 1 atom stereocenters. The first kappa shape index (κ1) is 17.9. The van der Waals surface area contributed by atoms with Gasteiger partial charge in [0.15, 0.2) is 0 Å². The Hall–Kier alpha value is -1.95. The van der Waals surface area contributed by atoms with E-state index in [1.807, 2.05) is 4.90 Å². The molecule has 0 aliphatic carbocycles. The normalized spacial score (nSPS) is 21.3. The minimum absolute atomic E-state index is 0.0456. The summed E-state index contributed by atoms with van der Waals surface area (Å²) in [5.74, 6) is 0.384. The Morgan fingerprint density at radius 3 is 2.52 bits per heavy atom. The molecule has 2 N–H and O–H groups in total. The Morgan fingerprint density at radius 2 is 1.88 bits per heavy atom. The number of amides is 2. The van der Waals surface area contributed by atoms with Gasteiger partial charge in [-0.05, 0) is 69.0 Å². The van der Waals surface area contributed by atoms with Crippen molar-refractivity contribution >= 4 is 17.5 Å². The van der Waals surface area contributed by atoms with Gasteiger partial charge in [-0.2, -0.15) is 0 Å². The average Bonchev–Trinajstić information content (AvgIpc) is 3.15. The Bertz CT molecular complexity index is 591. The highest BCUT2D eigenvalue weighted by Crippen LogP contribution is 2.22. The lowest BCUT2D eigenvalue weighted by atomic mass is 9.95. The van der Waals surface area contributed by atoms with Crippen molar-refractivity contribution in [1.29, 1.82) is 0 Å². The first-order chi connectivity index (χ1) is 12.1. The molecule has 0 radical (unpaired) electrons. The van der Waals surface area contributed by atoms with Gasteiger partial charge in [0.1, 0.15) is 5.82 Å². The summed E-state index contributed by atoms with van der Waals surface area (Å²) in [6.07, 6.45) is 4.10. The topological polar surface area (TPSA) is 61.4 Å². The molecule has 2 amide bonds. The van der Waals surface area contributed by atoms with Gasteiger partial charge in [-0.1, -0.05) is 0 Å². The van der Waals surface area contributed by atoms with Crippen molar-refractivity contribution in [2.75, 3.05) is 31.5 Å². The van der Waals surface area contributed by atoms with Gasteiger partial charge in [-0.25, -0.2) is 4.39 Å². The van der Waals surface area contributed by atoms with Crippen LogP contribution in [0.25, 0.3) is 0 Å². The lowest BCUT2D eigenvalue weighted by Crippen LogP contribution is -2.41. The number of hydrogen-bond acceptors (Lipinski definition) is 3. The SMILES string of the molecule is O=C(Nc1ccc(F)cc1)C1CCN(C(=O)CCC2CCNC2)CC1. The third kappa shape index (κ3) is 5.01. The summed E-state index contributed by atoms with van der Waals surface area (Å²) in [6.45, 7) is 3.37. The molecule has 1 aromatic carbocycles. The Balaban J connectivity index is 1.40. The van der Waals surface area contributed by atoms with Crippen LogP contribution >= 0.6 is 0 Å². The highest BCUT2D eigenvalue weighted by atomic mass is 19.1. The fourth-order valence-electron chi connectivity index (χ4n) is 3.62. The maximum atomic E-state index is 12.9. The highest BCUT2D eigenvalue weighted by Gasteiger charge is 2.27. The van der Waals surface area contributed by atoms with Crippen molar-refractivity contribution < 1.29 is 14.0 Å². The summed E-state index contributed by atoms with van der Waals surface area (Å²) in [6, 6.07) is 5.78. The van der Waals surface area contributed by atoms with Gasteiger partial charge in [0, 0.05) is 31.1 Å². The van der Waals surface area contributed by atoms with Crippen molar-refractivity contribution in [2.45, 2.75) is 32.1 Å². The van der Waals surface area contributed by atoms with Gasteiger partial charge in [-0.3, -0.25) is 9.59 Å². The maximum absolute atomic E-state index is 12.9. The van der Waals surface area contributed by atoms with Crippen LogP contribution in [-0.2, 0) is 9.59 Å². The zero-order chi connectivity index (χ0) is 17.6. The van der Waals surface area contributed by atoms with Crippen LogP contribution in [0.3, 0.4) is 0 Å². The van der Waals surface area contributed by atoms with Crippen LogP contribution in [0.15, 0.2) is 24.3 Å². The van der Waals surface area contributed by atoms with E-state index in [9.17, 15) is 14.0 Å². The average molecular weight is 347 g/mol. The largest absolute Gasteiger partial charge is 0.343 e. The number of hydrogen-bond donors (Lipinski definition) is 2. The summed E-state index contributed by atoms with van der Waals surface area (Å²) < 4.78 is 12.9. The number of halogens is 1. The van der Waals surface area contributed by atoms with Crippen LogP contribution in [0, 0.1) is 17.7 Å². The van der Waals surface area contributed by atoms with Crippen LogP contribution in [0.4, 0.5) is 10.1 Å². The second-order valence-electron chi connectivity index (χ2n) is 7.05. The lowest BCUT2D eigenvalue weighted by Gasteiger charge is -2.31. The molecule has 0 aromatic heterocycles. The number of benzene rings is 1. The Morgan fingerprint density at radius 1 is 1.16 bits per heavy atom. The van der Waals surface area contributed by atoms with Crippen molar-refractivity contribution in [2.24, 2.45) is 11.8 Å². The van der Waals surface area contributed by atoms with Gasteiger partial charge in [0.05, 0.1) is 0 Å². The number of rotatable bonds is 5. The molecule has 1 aromatic rings. The summed E-state index contributed by atoms with van der Waals surface area (Å²) in [4.78, 5) is 26.5. The Kier molecular flexibility index (Phi) is 6.02. The first-order valence-electron chi connectivity index (χ1n) is 9.17. The van der Waals surface area contributed by atoms with Crippen molar-refractivity contribution in [3.63, 3.8) is 0 Å². The first-order valence-corrected chi connectivity index (χ1v) is 9.17. The minimum Gasteiger partial charge on any atom is -0.343 e. The van der Waals surface area contributed by atoms with Crippen LogP contribution in [-0.4, -0.2) is 42.9 Å². The molecule has 25 heavy (non-hydrogen) atoms. The van der Waals surface area contributed by atoms with Gasteiger partial charge >= 0.3 is 0 Å². The van der Waals surface area contributed by atoms with E-state index in [1.165, 1.54) is 18.6 Å². The molecule has 0 bridgehead atoms. The van der Waals surface area contributed by atoms with Gasteiger partial charge in [-0.15, -0.1) is 0 Å². The molecule has 5 nitrogen and oxygen atoms in total. The number of likely N-dealkylation sites (tertiary alicyclic amines) is 1. The summed E-state index contributed by atoms with van der Waals surface area (Å²) in [5.41, 5.74) is 0.607. The van der Waals surface area contributed by atoms with Crippen molar-refractivity contribution in [3.05, 3.63) is 30.1 Å². The number of carbonyl (C=O) groups excluding carboxylic acids is 2. The molecule has 2 fully saturated rings. The van der Waals surface area contributed by atoms with Gasteiger partial charge in [0.2, 0.25) is 11.8 Å². The van der Waals surface area contributed by atoms with Crippen LogP contribution < -0.4 is 10.6 Å². The molecule has 136 valence electrons. The van der Waals surface area contributed by atoms with Gasteiger partial charge in [0.25, 0.3) is 0 Å². The smallest absolute Gasteiger partial charge is 0.227 e. The molecular weight excluding hydrogens is 321 g/mol. The molecule has 1 unspecified atom stereocenters. The number of anilines is 1. The fourth-order valence-corrected chi connectivity index (χ4v) is 3.62. The minimum atomic E-state index is -0.321. The predicted molar refractivity (Wildman–Crippen MR) is 94.5 cm³/mol. The van der Waals surface area contributed by atoms with Crippen LogP contribution in [0.1, 0.15) is 32.1 Å². The van der Waals surface area contributed by atoms with Crippen molar-refractivity contribution in [3.8, 4) is 0 Å². The molecule has 2 saturated heterocycles. The molecular formula is C19H26FN3O2. The van der Waals surface area contributed by atoms with E-state index >= 15 is 0 Å². The standard InChI is InChI=1S/C19H26FN3O2/c20-16-2-4-17(5-3-16)22-19(25)15-8-11-23(12-9-15)18(24)6-1-14-7-10-21-13-14/h2-5,14-15,21H,1,6-13H2,(H,22,25). The summed E-state index contributed by atoms with van der Waals surface area (Å²) in [7, 11) is 0. The third-order valence-corrected chi connectivity index (χ3v) is 5.26. The predicted octanol–water partition coefficient (Wildman–Crippen LogP) is 2.39. The molecule has 2 aliphatic rings. The van der Waals surface area contributed by atoms with E-state index in [1.54, 1.807) is 12.1 Å². The molecule has 6 heteroatoms. The van der Waals surface area contributed by atoms with E-state index in [0.717, 1.165) is 19.5 Å². The monoisotopic (exact) mass is 347 g/mol. The maximum Gasteiger partial charge on any atom is 0.227 e. The lowest BCUT2D eigenvalue weighted by molar-refractivity contribution is -0.134. The highest BCUT2D eigenvalue weighted by molar-refractivity contribution is 5.92. The number of nitrogens with one attached hydrogen (secondary N) is 2. The number of carbonyl (C=O) groups is 2. The number of nitrogens with zero attached hydrogens (tertiary/aromatic N) is 1. The molecule has 3 rings (SSSR count). The van der Waals surface area contributed by atoms with E-state index in [2.05, 4.69) is 10.6 Å². The Labute approximate surface area is 148 Å². The third-order valence-electron chi connectivity index (χ3n) is 5.26. The van der Waals surface area contributed by atoms with E-state index < -0.39 is 0 Å². The molecule has 0 spiro atoms. The van der Waals surface area contributed by atoms with Crippen LogP contribution in [0.5, 0.6) is 0 Å².